The molecule has 0 aromatic carbocycles. The monoisotopic (exact) mass is 198 g/mol. The number of carbonyl (C=O) groups excluding carboxylic acids is 1. The molecular weight excluding hydrogens is 180 g/mol. The number of nitrogens with one attached hydrogen (secondary N) is 1. The Bertz CT molecular complexity index is 238. The van der Waals surface area contributed by atoms with Crippen LogP contribution in [0.2, 0.25) is 0 Å². The Morgan fingerprint density at radius 2 is 2.14 bits per heavy atom. The lowest BCUT2D eigenvalue weighted by Gasteiger charge is -2.39. The van der Waals surface area contributed by atoms with E-state index in [1.54, 1.807) is 4.90 Å². The Hall–Kier alpha value is -0.770. The number of nitrogens with zero attached hydrogens (tertiary/aromatic N) is 1. The summed E-state index contributed by atoms with van der Waals surface area (Å²) in [5, 5.41) is 3.34. The average molecular weight is 198 g/mol. The number of hydrogen-bond donors (Lipinski definition) is 1. The Balaban J connectivity index is 2.10. The van der Waals surface area contributed by atoms with E-state index >= 15 is 0 Å². The molecule has 2 aliphatic heterocycles. The third kappa shape index (κ3) is 1.38. The molecule has 0 aromatic heterocycles. The van der Waals surface area contributed by atoms with Gasteiger partial charge in [0.1, 0.15) is 6.61 Å². The van der Waals surface area contributed by atoms with Gasteiger partial charge in [0.05, 0.1) is 5.54 Å². The van der Waals surface area contributed by atoms with Crippen LogP contribution < -0.4 is 5.32 Å². The van der Waals surface area contributed by atoms with Gasteiger partial charge in [-0.15, -0.1) is 0 Å². The molecule has 1 atom stereocenters. The van der Waals surface area contributed by atoms with Gasteiger partial charge in [-0.25, -0.2) is 4.79 Å². The van der Waals surface area contributed by atoms with Crippen LogP contribution >= 0.6 is 0 Å². The first kappa shape index (κ1) is 9.77. The zero-order valence-corrected chi connectivity index (χ0v) is 8.88. The number of piperidine rings is 1. The number of carbonyl (C=O) groups is 1. The molecule has 14 heavy (non-hydrogen) atoms. The van der Waals surface area contributed by atoms with Crippen molar-refractivity contribution in [1.29, 1.82) is 0 Å². The first-order valence-electron chi connectivity index (χ1n) is 5.26. The second kappa shape index (κ2) is 3.42. The molecule has 4 heteroatoms. The van der Waals surface area contributed by atoms with Gasteiger partial charge in [-0.2, -0.15) is 0 Å². The fraction of sp³-hybridized carbons (Fsp3) is 0.900. The Kier molecular flexibility index (Phi) is 2.39. The first-order valence-corrected chi connectivity index (χ1v) is 5.26. The molecule has 0 aliphatic carbocycles. The third-order valence-electron chi connectivity index (χ3n) is 3.75. The minimum absolute atomic E-state index is 0.0841. The highest BCUT2D eigenvalue weighted by molar-refractivity contribution is 5.70. The Morgan fingerprint density at radius 3 is 2.64 bits per heavy atom. The summed E-state index contributed by atoms with van der Waals surface area (Å²) >= 11 is 0. The van der Waals surface area contributed by atoms with E-state index < -0.39 is 0 Å². The van der Waals surface area contributed by atoms with Gasteiger partial charge < -0.3 is 15.0 Å². The second-order valence-electron chi connectivity index (χ2n) is 4.50. The molecule has 0 spiro atoms. The fourth-order valence-electron chi connectivity index (χ4n) is 2.45. The van der Waals surface area contributed by atoms with E-state index in [0.29, 0.717) is 12.5 Å². The zero-order valence-electron chi connectivity index (χ0n) is 8.88. The van der Waals surface area contributed by atoms with Crippen molar-refractivity contribution in [2.24, 2.45) is 5.92 Å². The number of amides is 1. The van der Waals surface area contributed by atoms with E-state index in [1.807, 2.05) is 7.05 Å². The van der Waals surface area contributed by atoms with Crippen molar-refractivity contribution < 1.29 is 9.53 Å². The van der Waals surface area contributed by atoms with E-state index in [0.717, 1.165) is 25.9 Å². The number of hydrogen-bond acceptors (Lipinski definition) is 3. The van der Waals surface area contributed by atoms with Crippen molar-refractivity contribution in [2.45, 2.75) is 25.3 Å². The minimum atomic E-state index is -0.175. The van der Waals surface area contributed by atoms with E-state index in [1.165, 1.54) is 0 Å². The highest BCUT2D eigenvalue weighted by atomic mass is 16.6. The summed E-state index contributed by atoms with van der Waals surface area (Å²) in [6.07, 6.45) is 2.10. The molecular formula is C10H18N2O2. The quantitative estimate of drug-likeness (QED) is 0.678. The van der Waals surface area contributed by atoms with Gasteiger partial charge in [0.2, 0.25) is 0 Å². The van der Waals surface area contributed by atoms with Gasteiger partial charge in [0.15, 0.2) is 0 Å². The van der Waals surface area contributed by atoms with Crippen molar-refractivity contribution >= 4 is 6.09 Å². The number of ether oxygens (including phenoxy) is 1. The summed E-state index contributed by atoms with van der Waals surface area (Å²) < 4.78 is 5.10. The van der Waals surface area contributed by atoms with Crippen LogP contribution in [0.4, 0.5) is 4.79 Å². The van der Waals surface area contributed by atoms with Gasteiger partial charge in [0, 0.05) is 7.05 Å². The molecule has 1 N–H and O–H groups in total. The number of likely N-dealkylation sites (N-methyl/N-ethyl adjacent to an activating group) is 1. The fourth-order valence-corrected chi connectivity index (χ4v) is 2.45. The molecule has 0 radical (unpaired) electrons. The molecule has 2 aliphatic rings. The largest absolute Gasteiger partial charge is 0.447 e. The lowest BCUT2D eigenvalue weighted by atomic mass is 9.79. The summed E-state index contributed by atoms with van der Waals surface area (Å²) in [5.41, 5.74) is -0.0841. The first-order chi connectivity index (χ1) is 6.64. The lowest BCUT2D eigenvalue weighted by Crippen LogP contribution is -2.51. The van der Waals surface area contributed by atoms with Crippen LogP contribution in [0.15, 0.2) is 0 Å². The summed E-state index contributed by atoms with van der Waals surface area (Å²) in [4.78, 5) is 13.1. The molecule has 2 fully saturated rings. The van der Waals surface area contributed by atoms with Gasteiger partial charge in [-0.3, -0.25) is 0 Å². The molecule has 0 aromatic rings. The van der Waals surface area contributed by atoms with Crippen molar-refractivity contribution in [2.75, 3.05) is 26.7 Å². The van der Waals surface area contributed by atoms with Gasteiger partial charge in [0.25, 0.3) is 0 Å². The Morgan fingerprint density at radius 1 is 1.50 bits per heavy atom. The second-order valence-corrected chi connectivity index (χ2v) is 4.50. The van der Waals surface area contributed by atoms with Crippen LogP contribution in [0.1, 0.15) is 19.8 Å². The molecule has 1 amide bonds. The molecule has 80 valence electrons. The molecule has 2 saturated heterocycles. The molecule has 0 saturated carbocycles. The lowest BCUT2D eigenvalue weighted by molar-refractivity contribution is 0.112. The van der Waals surface area contributed by atoms with Crippen molar-refractivity contribution in [3.8, 4) is 0 Å². The van der Waals surface area contributed by atoms with E-state index in [-0.39, 0.29) is 11.6 Å². The molecule has 4 nitrogen and oxygen atoms in total. The maximum absolute atomic E-state index is 11.3. The predicted molar refractivity (Wildman–Crippen MR) is 53.1 cm³/mol. The van der Waals surface area contributed by atoms with Crippen molar-refractivity contribution in [1.82, 2.24) is 10.2 Å². The maximum Gasteiger partial charge on any atom is 0.410 e. The third-order valence-corrected chi connectivity index (χ3v) is 3.75. The van der Waals surface area contributed by atoms with E-state index in [2.05, 4.69) is 12.2 Å². The van der Waals surface area contributed by atoms with E-state index in [4.69, 9.17) is 4.74 Å². The van der Waals surface area contributed by atoms with Gasteiger partial charge in [-0.05, 0) is 38.8 Å². The topological polar surface area (TPSA) is 41.6 Å². The molecule has 2 rings (SSSR count). The van der Waals surface area contributed by atoms with Crippen LogP contribution in [0.25, 0.3) is 0 Å². The molecule has 2 heterocycles. The standard InChI is InChI=1S/C10H18N2O2/c1-10(7-14-9(13)12(10)2)8-3-5-11-6-4-8/h8,11H,3-7H2,1-2H3. The SMILES string of the molecule is CN1C(=O)OCC1(C)C1CCNCC1. The van der Waals surface area contributed by atoms with E-state index in [9.17, 15) is 4.79 Å². The Labute approximate surface area is 84.6 Å². The van der Waals surface area contributed by atoms with Crippen LogP contribution in [-0.2, 0) is 4.74 Å². The predicted octanol–water partition coefficient (Wildman–Crippen LogP) is 0.827. The van der Waals surface area contributed by atoms with Gasteiger partial charge in [-0.1, -0.05) is 0 Å². The van der Waals surface area contributed by atoms with Crippen LogP contribution in [0, 0.1) is 5.92 Å². The average Bonchev–Trinajstić information content (AvgIpc) is 2.49. The maximum atomic E-state index is 11.3. The number of cyclic esters (lactones) is 1. The number of rotatable bonds is 1. The highest BCUT2D eigenvalue weighted by Gasteiger charge is 2.46. The summed E-state index contributed by atoms with van der Waals surface area (Å²) in [6.45, 7) is 4.80. The zero-order chi connectivity index (χ0) is 10.2. The molecule has 1 unspecified atom stereocenters. The minimum Gasteiger partial charge on any atom is -0.447 e. The van der Waals surface area contributed by atoms with Gasteiger partial charge >= 0.3 is 6.09 Å². The van der Waals surface area contributed by atoms with Crippen LogP contribution in [0.5, 0.6) is 0 Å². The summed E-state index contributed by atoms with van der Waals surface area (Å²) in [6, 6.07) is 0. The normalized spacial score (nSPS) is 34.7. The smallest absolute Gasteiger partial charge is 0.410 e. The van der Waals surface area contributed by atoms with Crippen molar-refractivity contribution in [3.05, 3.63) is 0 Å². The van der Waals surface area contributed by atoms with Crippen LogP contribution in [-0.4, -0.2) is 43.3 Å². The highest BCUT2D eigenvalue weighted by Crippen LogP contribution is 2.34. The molecule has 0 bridgehead atoms. The van der Waals surface area contributed by atoms with Crippen molar-refractivity contribution in [3.63, 3.8) is 0 Å². The summed E-state index contributed by atoms with van der Waals surface area (Å²) in [7, 11) is 1.84. The summed E-state index contributed by atoms with van der Waals surface area (Å²) in [5.74, 6) is 0.570. The van der Waals surface area contributed by atoms with Crippen LogP contribution in [0.3, 0.4) is 0 Å².